The molecular formula is C23H28N4O3S2. The first-order valence-corrected chi connectivity index (χ1v) is 12.1. The summed E-state index contributed by atoms with van der Waals surface area (Å²) in [6.07, 6.45) is 0. The van der Waals surface area contributed by atoms with Crippen molar-refractivity contribution in [1.82, 2.24) is 14.5 Å². The molecule has 1 atom stereocenters. The summed E-state index contributed by atoms with van der Waals surface area (Å²) in [5.74, 6) is -0.471. The van der Waals surface area contributed by atoms with Crippen LogP contribution in [0.4, 0.5) is 5.69 Å². The predicted molar refractivity (Wildman–Crippen MR) is 132 cm³/mol. The number of hydrogen-bond donors (Lipinski definition) is 1. The van der Waals surface area contributed by atoms with Crippen molar-refractivity contribution in [3.8, 4) is 0 Å². The van der Waals surface area contributed by atoms with Gasteiger partial charge < -0.3 is 10.2 Å². The van der Waals surface area contributed by atoms with Gasteiger partial charge in [0.1, 0.15) is 4.83 Å². The second kappa shape index (κ2) is 9.87. The van der Waals surface area contributed by atoms with Crippen LogP contribution in [0.5, 0.6) is 0 Å². The highest BCUT2D eigenvalue weighted by atomic mass is 32.2. The Hall–Kier alpha value is -2.65. The number of thiophene rings is 1. The maximum absolute atomic E-state index is 13.0. The van der Waals surface area contributed by atoms with Gasteiger partial charge in [-0.05, 0) is 52.3 Å². The van der Waals surface area contributed by atoms with Crippen LogP contribution >= 0.6 is 23.1 Å². The highest BCUT2D eigenvalue weighted by Gasteiger charge is 2.24. The molecule has 0 aliphatic rings. The number of benzene rings is 1. The number of hydrogen-bond acceptors (Lipinski definition) is 6. The van der Waals surface area contributed by atoms with Gasteiger partial charge in [0.2, 0.25) is 11.8 Å². The van der Waals surface area contributed by atoms with Gasteiger partial charge in [0.05, 0.1) is 17.2 Å². The van der Waals surface area contributed by atoms with Crippen LogP contribution in [0.25, 0.3) is 10.2 Å². The molecule has 0 saturated carbocycles. The molecule has 3 rings (SSSR count). The molecule has 0 fully saturated rings. The fourth-order valence-corrected chi connectivity index (χ4v) is 5.48. The minimum absolute atomic E-state index is 0.0615. The molecule has 0 aliphatic carbocycles. The fourth-order valence-electron chi connectivity index (χ4n) is 3.33. The van der Waals surface area contributed by atoms with Gasteiger partial charge in [-0.2, -0.15) is 0 Å². The maximum atomic E-state index is 13.0. The molecule has 0 spiro atoms. The van der Waals surface area contributed by atoms with Crippen LogP contribution in [-0.2, 0) is 16.1 Å². The zero-order valence-electron chi connectivity index (χ0n) is 19.2. The summed E-state index contributed by atoms with van der Waals surface area (Å²) in [5.41, 5.74) is 2.68. The number of aryl methyl sites for hydroxylation is 3. The van der Waals surface area contributed by atoms with Gasteiger partial charge in [-0.15, -0.1) is 11.3 Å². The second-order valence-corrected chi connectivity index (χ2v) is 10.3. The summed E-state index contributed by atoms with van der Waals surface area (Å²) >= 11 is 2.74. The van der Waals surface area contributed by atoms with Gasteiger partial charge in [0.25, 0.3) is 5.56 Å². The van der Waals surface area contributed by atoms with Crippen molar-refractivity contribution in [2.45, 2.75) is 51.6 Å². The van der Waals surface area contributed by atoms with Crippen LogP contribution in [-0.4, -0.2) is 45.1 Å². The molecule has 2 amide bonds. The molecule has 7 nitrogen and oxygen atoms in total. The minimum atomic E-state index is -0.503. The lowest BCUT2D eigenvalue weighted by Crippen LogP contribution is -2.39. The van der Waals surface area contributed by atoms with E-state index in [1.54, 1.807) is 18.5 Å². The molecule has 9 heteroatoms. The van der Waals surface area contributed by atoms with Crippen molar-refractivity contribution in [3.05, 3.63) is 50.6 Å². The van der Waals surface area contributed by atoms with Crippen molar-refractivity contribution >= 4 is 50.8 Å². The molecule has 0 radical (unpaired) electrons. The highest BCUT2D eigenvalue weighted by Crippen LogP contribution is 2.30. The summed E-state index contributed by atoms with van der Waals surface area (Å²) in [4.78, 5) is 46.1. The lowest BCUT2D eigenvalue weighted by Gasteiger charge is -2.21. The molecular weight excluding hydrogens is 444 g/mol. The first kappa shape index (κ1) is 24.0. The lowest BCUT2D eigenvalue weighted by molar-refractivity contribution is -0.132. The standard InChI is InChI=1S/C23H28N4O3S2/c1-7-27-22(30)19-14(3)15(4)31-20(19)25-23(27)32-16(5)21(29)26(6)12-18(28)24-17-10-8-13(2)9-11-17/h8-11,16H,7,12H2,1-6H3,(H,24,28). The molecule has 1 N–H and O–H groups in total. The van der Waals surface area contributed by atoms with Crippen molar-refractivity contribution in [2.75, 3.05) is 18.9 Å². The van der Waals surface area contributed by atoms with Crippen LogP contribution in [0.1, 0.15) is 29.9 Å². The van der Waals surface area contributed by atoms with E-state index in [1.165, 1.54) is 28.0 Å². The molecule has 2 aromatic heterocycles. The molecule has 32 heavy (non-hydrogen) atoms. The Labute approximate surface area is 195 Å². The third-order valence-electron chi connectivity index (χ3n) is 5.29. The number of anilines is 1. The maximum Gasteiger partial charge on any atom is 0.263 e. The Bertz CT molecular complexity index is 1210. The number of nitrogens with one attached hydrogen (secondary N) is 1. The van der Waals surface area contributed by atoms with E-state index < -0.39 is 5.25 Å². The molecule has 0 bridgehead atoms. The van der Waals surface area contributed by atoms with E-state index in [-0.39, 0.29) is 23.9 Å². The third-order valence-corrected chi connectivity index (χ3v) is 7.47. The van der Waals surface area contributed by atoms with Crippen LogP contribution in [0, 0.1) is 20.8 Å². The summed E-state index contributed by atoms with van der Waals surface area (Å²) in [5, 5.41) is 3.47. The molecule has 170 valence electrons. The lowest BCUT2D eigenvalue weighted by atomic mass is 10.2. The molecule has 3 aromatic rings. The minimum Gasteiger partial charge on any atom is -0.335 e. The third kappa shape index (κ3) is 5.05. The Kier molecular flexibility index (Phi) is 7.40. The zero-order valence-corrected chi connectivity index (χ0v) is 20.8. The van der Waals surface area contributed by atoms with Gasteiger partial charge in [-0.25, -0.2) is 4.98 Å². The van der Waals surface area contributed by atoms with Crippen LogP contribution < -0.4 is 10.9 Å². The molecule has 2 heterocycles. The summed E-state index contributed by atoms with van der Waals surface area (Å²) in [6.45, 7) is 9.95. The molecule has 1 unspecified atom stereocenters. The number of carbonyl (C=O) groups is 2. The number of likely N-dealkylation sites (N-methyl/N-ethyl adjacent to an activating group) is 1. The second-order valence-electron chi connectivity index (χ2n) is 7.78. The number of amides is 2. The SMILES string of the molecule is CCn1c(SC(C)C(=O)N(C)CC(=O)Nc2ccc(C)cc2)nc2sc(C)c(C)c2c1=O. The smallest absolute Gasteiger partial charge is 0.263 e. The normalized spacial score (nSPS) is 12.1. The topological polar surface area (TPSA) is 84.3 Å². The number of carbonyl (C=O) groups excluding carboxylic acids is 2. The van der Waals surface area contributed by atoms with Gasteiger partial charge in [0, 0.05) is 24.2 Å². The monoisotopic (exact) mass is 472 g/mol. The van der Waals surface area contributed by atoms with E-state index in [1.807, 2.05) is 52.0 Å². The average molecular weight is 473 g/mol. The van der Waals surface area contributed by atoms with Crippen LogP contribution in [0.15, 0.2) is 34.2 Å². The van der Waals surface area contributed by atoms with Crippen molar-refractivity contribution in [3.63, 3.8) is 0 Å². The molecule has 1 aromatic carbocycles. The van der Waals surface area contributed by atoms with Crippen LogP contribution in [0.2, 0.25) is 0 Å². The Morgan fingerprint density at radius 3 is 2.50 bits per heavy atom. The molecule has 0 aliphatic heterocycles. The predicted octanol–water partition coefficient (Wildman–Crippen LogP) is 3.98. The fraction of sp³-hybridized carbons (Fsp3) is 0.391. The zero-order chi connectivity index (χ0) is 23.6. The van der Waals surface area contributed by atoms with Crippen LogP contribution in [0.3, 0.4) is 0 Å². The number of fused-ring (bicyclic) bond motifs is 1. The molecule has 0 saturated heterocycles. The average Bonchev–Trinajstić information content (AvgIpc) is 3.02. The number of aromatic nitrogens is 2. The van der Waals surface area contributed by atoms with Crippen molar-refractivity contribution in [2.24, 2.45) is 0 Å². The van der Waals surface area contributed by atoms with E-state index in [0.717, 1.165) is 16.0 Å². The summed E-state index contributed by atoms with van der Waals surface area (Å²) in [6, 6.07) is 7.48. The van der Waals surface area contributed by atoms with Crippen molar-refractivity contribution < 1.29 is 9.59 Å². The van der Waals surface area contributed by atoms with E-state index in [2.05, 4.69) is 10.3 Å². The summed E-state index contributed by atoms with van der Waals surface area (Å²) in [7, 11) is 1.60. The van der Waals surface area contributed by atoms with E-state index in [9.17, 15) is 14.4 Å². The van der Waals surface area contributed by atoms with Gasteiger partial charge >= 0.3 is 0 Å². The Morgan fingerprint density at radius 1 is 1.22 bits per heavy atom. The Morgan fingerprint density at radius 2 is 1.88 bits per heavy atom. The van der Waals surface area contributed by atoms with E-state index in [0.29, 0.717) is 27.6 Å². The number of thioether (sulfide) groups is 1. The first-order valence-electron chi connectivity index (χ1n) is 10.4. The quantitative estimate of drug-likeness (QED) is 0.415. The van der Waals surface area contributed by atoms with E-state index >= 15 is 0 Å². The Balaban J connectivity index is 1.72. The van der Waals surface area contributed by atoms with E-state index in [4.69, 9.17) is 0 Å². The van der Waals surface area contributed by atoms with Gasteiger partial charge in [0.15, 0.2) is 5.16 Å². The first-order chi connectivity index (χ1) is 15.1. The van der Waals surface area contributed by atoms with Crippen molar-refractivity contribution in [1.29, 1.82) is 0 Å². The number of nitrogens with zero attached hydrogens (tertiary/aromatic N) is 3. The van der Waals surface area contributed by atoms with Gasteiger partial charge in [-0.1, -0.05) is 29.5 Å². The number of rotatable bonds is 7. The summed E-state index contributed by atoms with van der Waals surface area (Å²) < 4.78 is 1.61. The van der Waals surface area contributed by atoms with Gasteiger partial charge in [-0.3, -0.25) is 19.0 Å². The largest absolute Gasteiger partial charge is 0.335 e. The highest BCUT2D eigenvalue weighted by molar-refractivity contribution is 8.00.